The van der Waals surface area contributed by atoms with Gasteiger partial charge in [0.05, 0.1) is 0 Å². The van der Waals surface area contributed by atoms with Crippen LogP contribution in [0.1, 0.15) is 42.6 Å². The third kappa shape index (κ3) is 12.3. The fourth-order valence-corrected chi connectivity index (χ4v) is 16.1. The lowest BCUT2D eigenvalue weighted by atomic mass is 9.95. The molecule has 8 heteroatoms. The maximum Gasteiger partial charge on any atom is 0.314 e. The van der Waals surface area contributed by atoms with E-state index in [2.05, 4.69) is 45.8 Å². The lowest BCUT2D eigenvalue weighted by molar-refractivity contribution is 0.0488. The van der Waals surface area contributed by atoms with Gasteiger partial charge in [-0.05, 0) is 90.5 Å². The minimum atomic E-state index is -2.17. The van der Waals surface area contributed by atoms with E-state index in [1.807, 2.05) is 12.1 Å². The van der Waals surface area contributed by atoms with E-state index in [9.17, 15) is 9.90 Å². The van der Waals surface area contributed by atoms with Crippen LogP contribution in [-0.2, 0) is 19.4 Å². The Morgan fingerprint density at radius 3 is 1.81 bits per heavy atom. The van der Waals surface area contributed by atoms with Gasteiger partial charge in [0.15, 0.2) is 22.4 Å². The summed E-state index contributed by atoms with van der Waals surface area (Å²) >= 11 is 0. The van der Waals surface area contributed by atoms with E-state index in [1.54, 1.807) is 12.1 Å². The van der Waals surface area contributed by atoms with Crippen molar-refractivity contribution >= 4 is 31.0 Å². The minimum Gasteiger partial charge on any atom is -0.437 e. The van der Waals surface area contributed by atoms with Crippen molar-refractivity contribution in [3.63, 3.8) is 0 Å². The Balaban J connectivity index is 2.37. The molecule has 0 radical (unpaired) electrons. The van der Waals surface area contributed by atoms with Crippen molar-refractivity contribution < 1.29 is 22.9 Å². The van der Waals surface area contributed by atoms with Crippen molar-refractivity contribution in [3.05, 3.63) is 35.4 Å². The molecule has 0 heterocycles. The molecule has 0 spiro atoms. The van der Waals surface area contributed by atoms with Crippen LogP contribution < -0.4 is 0 Å². The van der Waals surface area contributed by atoms with Gasteiger partial charge >= 0.3 is 8.56 Å². The summed E-state index contributed by atoms with van der Waals surface area (Å²) in [7, 11) is -5.47. The highest BCUT2D eigenvalue weighted by molar-refractivity contribution is 6.87. The number of aliphatic hydroxyl groups is 1. The third-order valence-corrected chi connectivity index (χ3v) is 14.1. The van der Waals surface area contributed by atoms with Crippen molar-refractivity contribution in [2.75, 3.05) is 13.2 Å². The van der Waals surface area contributed by atoms with Gasteiger partial charge in [0, 0.05) is 18.8 Å². The summed E-state index contributed by atoms with van der Waals surface area (Å²) in [6.45, 7) is 20.1. The number of carbonyl (C=O) groups is 1. The highest BCUT2D eigenvalue weighted by atomic mass is 28.5. The molecule has 0 aliphatic rings. The van der Waals surface area contributed by atoms with Gasteiger partial charge in [-0.3, -0.25) is 4.79 Å². The van der Waals surface area contributed by atoms with Gasteiger partial charge in [0.2, 0.25) is 0 Å². The molecule has 0 fully saturated rings. The Bertz CT molecular complexity index is 669. The Hall–Kier alpha value is -0.619. The predicted molar refractivity (Wildman–Crippen MR) is 136 cm³/mol. The maximum atomic E-state index is 12.1. The first-order valence-corrected chi connectivity index (χ1v) is 20.7. The molecule has 1 aromatic carbocycles. The minimum absolute atomic E-state index is 0.255. The molecule has 0 saturated heterocycles. The van der Waals surface area contributed by atoms with Crippen LogP contribution in [0.5, 0.6) is 0 Å². The zero-order chi connectivity index (χ0) is 23.9. The van der Waals surface area contributed by atoms with Gasteiger partial charge < -0.3 is 18.1 Å². The number of rotatable bonds is 14. The van der Waals surface area contributed by atoms with Gasteiger partial charge in [-0.15, -0.1) is 0 Å². The maximum absolute atomic E-state index is 12.1. The average molecular weight is 485 g/mol. The zero-order valence-corrected chi connectivity index (χ0v) is 24.1. The quantitative estimate of drug-likeness (QED) is 0.207. The predicted octanol–water partition coefficient (Wildman–Crippen LogP) is 5.75. The molecule has 1 N–H and O–H groups in total. The SMILES string of the molecule is CC(C)(O)C(=O)c1ccc(CCCOCCC[Si](C)(O[Si](C)(C)C)O[Si](C)(C)C)cc1. The monoisotopic (exact) mass is 484 g/mol. The van der Waals surface area contributed by atoms with Crippen LogP contribution in [0.15, 0.2) is 24.3 Å². The third-order valence-electron chi connectivity index (χ3n) is 4.49. The number of aryl methyl sites for hydroxylation is 1. The molecule has 0 amide bonds. The van der Waals surface area contributed by atoms with Crippen LogP contribution in [0.2, 0.25) is 51.9 Å². The smallest absolute Gasteiger partial charge is 0.314 e. The molecule has 178 valence electrons. The van der Waals surface area contributed by atoms with Crippen LogP contribution in [0, 0.1) is 0 Å². The van der Waals surface area contributed by atoms with Gasteiger partial charge in [0.25, 0.3) is 0 Å². The summed E-state index contributed by atoms with van der Waals surface area (Å²) in [5.74, 6) is -0.255. The van der Waals surface area contributed by atoms with E-state index < -0.39 is 30.8 Å². The normalized spacial score (nSPS) is 13.5. The van der Waals surface area contributed by atoms with E-state index in [0.717, 1.165) is 31.9 Å². The molecule has 0 aliphatic heterocycles. The van der Waals surface area contributed by atoms with Gasteiger partial charge in [-0.25, -0.2) is 0 Å². The van der Waals surface area contributed by atoms with Crippen LogP contribution in [-0.4, -0.2) is 54.9 Å². The molecule has 1 aromatic rings. The molecule has 0 saturated carbocycles. The van der Waals surface area contributed by atoms with Crippen molar-refractivity contribution in [3.8, 4) is 0 Å². The first-order valence-electron chi connectivity index (χ1n) is 11.4. The molecular weight excluding hydrogens is 441 g/mol. The highest BCUT2D eigenvalue weighted by Crippen LogP contribution is 2.25. The number of Topliss-reactive ketones (excluding diaryl/α,β-unsaturated/α-hetero) is 1. The fourth-order valence-electron chi connectivity index (χ4n) is 3.57. The van der Waals surface area contributed by atoms with Gasteiger partial charge in [-0.1, -0.05) is 24.3 Å². The van der Waals surface area contributed by atoms with E-state index in [-0.39, 0.29) is 5.78 Å². The van der Waals surface area contributed by atoms with Crippen LogP contribution >= 0.6 is 0 Å². The average Bonchev–Trinajstić information content (AvgIpc) is 2.56. The first-order chi connectivity index (χ1) is 14.0. The summed E-state index contributed by atoms with van der Waals surface area (Å²) in [6, 6.07) is 8.46. The second kappa shape index (κ2) is 11.5. The molecule has 1 rings (SSSR count). The molecule has 31 heavy (non-hydrogen) atoms. The lowest BCUT2D eigenvalue weighted by Crippen LogP contribution is -2.52. The largest absolute Gasteiger partial charge is 0.437 e. The number of ether oxygens (including phenoxy) is 1. The standard InChI is InChI=1S/C23H44O5Si3/c1-23(2,25)22(24)21-15-13-20(14-16-21)12-10-17-26-18-11-19-31(9,27-29(3,4)5)28-30(6,7)8/h13-16,25H,10-12,17-19H2,1-9H3. The Kier molecular flexibility index (Phi) is 10.5. The number of ketones is 1. The number of carbonyl (C=O) groups excluding carboxylic acids is 1. The summed E-state index contributed by atoms with van der Waals surface area (Å²) in [6.07, 6.45) is 2.80. The molecule has 0 atom stereocenters. The van der Waals surface area contributed by atoms with E-state index in [0.29, 0.717) is 12.2 Å². The second-order valence-electron chi connectivity index (χ2n) is 11.0. The Morgan fingerprint density at radius 1 is 0.871 bits per heavy atom. The van der Waals surface area contributed by atoms with E-state index >= 15 is 0 Å². The summed E-state index contributed by atoms with van der Waals surface area (Å²) < 4.78 is 18.9. The molecule has 0 unspecified atom stereocenters. The van der Waals surface area contributed by atoms with Gasteiger partial charge in [0.1, 0.15) is 5.60 Å². The lowest BCUT2D eigenvalue weighted by Gasteiger charge is -2.38. The zero-order valence-electron chi connectivity index (χ0n) is 21.1. The van der Waals surface area contributed by atoms with Crippen molar-refractivity contribution in [1.82, 2.24) is 0 Å². The second-order valence-corrected chi connectivity index (χ2v) is 23.8. The van der Waals surface area contributed by atoms with Crippen LogP contribution in [0.25, 0.3) is 0 Å². The van der Waals surface area contributed by atoms with Crippen molar-refractivity contribution in [2.24, 2.45) is 0 Å². The summed E-state index contributed by atoms with van der Waals surface area (Å²) in [4.78, 5) is 12.1. The van der Waals surface area contributed by atoms with Crippen molar-refractivity contribution in [2.45, 2.75) is 90.6 Å². The fraction of sp³-hybridized carbons (Fsp3) is 0.696. The van der Waals surface area contributed by atoms with E-state index in [1.165, 1.54) is 19.4 Å². The molecule has 0 aliphatic carbocycles. The Labute approximate surface area is 193 Å². The van der Waals surface area contributed by atoms with Crippen LogP contribution in [0.3, 0.4) is 0 Å². The number of benzene rings is 1. The number of hydrogen-bond donors (Lipinski definition) is 1. The van der Waals surface area contributed by atoms with E-state index in [4.69, 9.17) is 13.0 Å². The molecule has 5 nitrogen and oxygen atoms in total. The summed E-state index contributed by atoms with van der Waals surface area (Å²) in [5.41, 5.74) is 0.373. The first kappa shape index (κ1) is 28.4. The molecule has 0 aromatic heterocycles. The number of hydrogen-bond acceptors (Lipinski definition) is 5. The topological polar surface area (TPSA) is 65.0 Å². The van der Waals surface area contributed by atoms with Crippen LogP contribution in [0.4, 0.5) is 0 Å². The molecule has 0 bridgehead atoms. The van der Waals surface area contributed by atoms with Crippen molar-refractivity contribution in [1.29, 1.82) is 0 Å². The van der Waals surface area contributed by atoms with Gasteiger partial charge in [-0.2, -0.15) is 0 Å². The Morgan fingerprint density at radius 2 is 1.35 bits per heavy atom. The molecular formula is C23H44O5Si3. The summed E-state index contributed by atoms with van der Waals surface area (Å²) in [5, 5.41) is 9.84. The highest BCUT2D eigenvalue weighted by Gasteiger charge is 2.39.